The van der Waals surface area contributed by atoms with E-state index >= 15 is 0 Å². The molecule has 0 aliphatic carbocycles. The van der Waals surface area contributed by atoms with Gasteiger partial charge in [0.2, 0.25) is 0 Å². The maximum absolute atomic E-state index is 13.9. The van der Waals surface area contributed by atoms with E-state index in [4.69, 9.17) is 5.73 Å². The molecule has 0 amide bonds. The average molecular weight is 290 g/mol. The SMILES string of the molecule is C[C@H](N)c1c(F)cccc1N1CCCC(C(F)(F)F)C1. The number of piperidine rings is 1. The molecule has 1 aliphatic heterocycles. The van der Waals surface area contributed by atoms with Crippen molar-refractivity contribution in [1.82, 2.24) is 0 Å². The number of nitrogens with two attached hydrogens (primary N) is 1. The lowest BCUT2D eigenvalue weighted by Crippen LogP contribution is -2.42. The zero-order chi connectivity index (χ0) is 14.9. The minimum absolute atomic E-state index is 0.128. The van der Waals surface area contributed by atoms with Crippen LogP contribution in [0.4, 0.5) is 23.2 Å². The first kappa shape index (κ1) is 15.1. The Morgan fingerprint density at radius 1 is 1.35 bits per heavy atom. The Morgan fingerprint density at radius 3 is 2.65 bits per heavy atom. The molecule has 0 saturated carbocycles. The van der Waals surface area contributed by atoms with Crippen molar-refractivity contribution in [1.29, 1.82) is 0 Å². The van der Waals surface area contributed by atoms with Gasteiger partial charge in [-0.25, -0.2) is 4.39 Å². The molecule has 112 valence electrons. The lowest BCUT2D eigenvalue weighted by molar-refractivity contribution is -0.176. The standard InChI is InChI=1S/C14H18F4N2/c1-9(19)13-11(15)5-2-6-12(13)20-7-3-4-10(8-20)14(16,17)18/h2,5-6,9-10H,3-4,7-8,19H2,1H3/t9-,10?/m0/s1. The molecule has 1 aromatic rings. The highest BCUT2D eigenvalue weighted by molar-refractivity contribution is 5.55. The van der Waals surface area contributed by atoms with E-state index < -0.39 is 24.0 Å². The Labute approximate surface area is 115 Å². The van der Waals surface area contributed by atoms with Crippen LogP contribution in [-0.2, 0) is 0 Å². The summed E-state index contributed by atoms with van der Waals surface area (Å²) in [4.78, 5) is 1.60. The van der Waals surface area contributed by atoms with E-state index in [1.807, 2.05) is 0 Å². The normalized spacial score (nSPS) is 21.9. The molecule has 1 aromatic carbocycles. The van der Waals surface area contributed by atoms with Gasteiger partial charge in [0, 0.05) is 30.4 Å². The van der Waals surface area contributed by atoms with Crippen molar-refractivity contribution in [2.24, 2.45) is 11.7 Å². The molecule has 1 fully saturated rings. The number of nitrogens with zero attached hydrogens (tertiary/aromatic N) is 1. The molecule has 0 radical (unpaired) electrons. The van der Waals surface area contributed by atoms with E-state index in [9.17, 15) is 17.6 Å². The summed E-state index contributed by atoms with van der Waals surface area (Å²) in [6.45, 7) is 2.00. The van der Waals surface area contributed by atoms with Gasteiger partial charge in [-0.15, -0.1) is 0 Å². The first-order valence-electron chi connectivity index (χ1n) is 6.66. The van der Waals surface area contributed by atoms with Crippen LogP contribution in [0, 0.1) is 11.7 Å². The number of alkyl halides is 3. The number of rotatable bonds is 2. The second-order valence-corrected chi connectivity index (χ2v) is 5.29. The van der Waals surface area contributed by atoms with Crippen molar-refractivity contribution in [3.05, 3.63) is 29.6 Å². The molecule has 1 unspecified atom stereocenters. The van der Waals surface area contributed by atoms with Gasteiger partial charge in [-0.2, -0.15) is 13.2 Å². The number of halogens is 4. The number of hydrogen-bond acceptors (Lipinski definition) is 2. The van der Waals surface area contributed by atoms with E-state index in [2.05, 4.69) is 0 Å². The third kappa shape index (κ3) is 3.06. The molecular formula is C14H18F4N2. The summed E-state index contributed by atoms with van der Waals surface area (Å²) in [6.07, 6.45) is -3.64. The van der Waals surface area contributed by atoms with E-state index in [1.54, 1.807) is 17.9 Å². The highest BCUT2D eigenvalue weighted by atomic mass is 19.4. The monoisotopic (exact) mass is 290 g/mol. The van der Waals surface area contributed by atoms with Crippen LogP contribution in [0.5, 0.6) is 0 Å². The van der Waals surface area contributed by atoms with E-state index in [0.29, 0.717) is 18.7 Å². The third-order valence-electron chi connectivity index (χ3n) is 3.71. The molecule has 1 saturated heterocycles. The predicted octanol–water partition coefficient (Wildman–Crippen LogP) is 3.62. The molecule has 1 aliphatic rings. The summed E-state index contributed by atoms with van der Waals surface area (Å²) in [5.74, 6) is -1.83. The van der Waals surface area contributed by atoms with E-state index in [1.165, 1.54) is 12.1 Å². The van der Waals surface area contributed by atoms with Gasteiger partial charge in [0.15, 0.2) is 0 Å². The van der Waals surface area contributed by atoms with Crippen LogP contribution in [0.2, 0.25) is 0 Å². The van der Waals surface area contributed by atoms with E-state index in [0.717, 1.165) is 0 Å². The second kappa shape index (κ2) is 5.60. The van der Waals surface area contributed by atoms with Gasteiger partial charge < -0.3 is 10.6 Å². The number of benzene rings is 1. The van der Waals surface area contributed by atoms with Gasteiger partial charge in [0.25, 0.3) is 0 Å². The Bertz CT molecular complexity index is 471. The molecule has 0 spiro atoms. The van der Waals surface area contributed by atoms with Crippen molar-refractivity contribution in [3.8, 4) is 0 Å². The molecule has 2 nitrogen and oxygen atoms in total. The smallest absolute Gasteiger partial charge is 0.371 e. The summed E-state index contributed by atoms with van der Waals surface area (Å²) in [7, 11) is 0. The summed E-state index contributed by atoms with van der Waals surface area (Å²) < 4.78 is 52.4. The van der Waals surface area contributed by atoms with Crippen LogP contribution < -0.4 is 10.6 Å². The zero-order valence-electron chi connectivity index (χ0n) is 11.3. The lowest BCUT2D eigenvalue weighted by atomic mass is 9.95. The molecular weight excluding hydrogens is 272 g/mol. The van der Waals surface area contributed by atoms with Crippen molar-refractivity contribution in [2.75, 3.05) is 18.0 Å². The average Bonchev–Trinajstić information content (AvgIpc) is 2.37. The molecule has 20 heavy (non-hydrogen) atoms. The molecule has 2 atom stereocenters. The Kier molecular flexibility index (Phi) is 4.22. The highest BCUT2D eigenvalue weighted by Gasteiger charge is 2.42. The largest absolute Gasteiger partial charge is 0.393 e. The summed E-state index contributed by atoms with van der Waals surface area (Å²) in [6, 6.07) is 3.87. The number of hydrogen-bond donors (Lipinski definition) is 1. The summed E-state index contributed by atoms with van der Waals surface area (Å²) in [5.41, 5.74) is 6.52. The first-order valence-corrected chi connectivity index (χ1v) is 6.66. The number of anilines is 1. The Morgan fingerprint density at radius 2 is 2.05 bits per heavy atom. The van der Waals surface area contributed by atoms with Gasteiger partial charge >= 0.3 is 6.18 Å². The van der Waals surface area contributed by atoms with Crippen LogP contribution >= 0.6 is 0 Å². The van der Waals surface area contributed by atoms with Crippen LogP contribution in [0.3, 0.4) is 0 Å². The molecule has 6 heteroatoms. The fourth-order valence-corrected chi connectivity index (χ4v) is 2.72. The van der Waals surface area contributed by atoms with E-state index in [-0.39, 0.29) is 18.5 Å². The van der Waals surface area contributed by atoms with Crippen molar-refractivity contribution in [3.63, 3.8) is 0 Å². The second-order valence-electron chi connectivity index (χ2n) is 5.29. The zero-order valence-corrected chi connectivity index (χ0v) is 11.3. The first-order chi connectivity index (χ1) is 9.30. The fraction of sp³-hybridized carbons (Fsp3) is 0.571. The van der Waals surface area contributed by atoms with Crippen molar-refractivity contribution in [2.45, 2.75) is 32.0 Å². The Hall–Kier alpha value is -1.30. The fourth-order valence-electron chi connectivity index (χ4n) is 2.72. The molecule has 1 heterocycles. The molecule has 2 rings (SSSR count). The summed E-state index contributed by atoms with van der Waals surface area (Å²) in [5, 5.41) is 0. The van der Waals surface area contributed by atoms with Gasteiger partial charge in [-0.3, -0.25) is 0 Å². The van der Waals surface area contributed by atoms with Crippen LogP contribution in [0.15, 0.2) is 18.2 Å². The minimum atomic E-state index is -4.21. The van der Waals surface area contributed by atoms with Crippen LogP contribution in [0.25, 0.3) is 0 Å². The predicted molar refractivity (Wildman–Crippen MR) is 70.0 cm³/mol. The Balaban J connectivity index is 2.30. The van der Waals surface area contributed by atoms with Gasteiger partial charge in [-0.05, 0) is 31.9 Å². The maximum Gasteiger partial charge on any atom is 0.393 e. The van der Waals surface area contributed by atoms with Gasteiger partial charge in [0.05, 0.1) is 5.92 Å². The van der Waals surface area contributed by atoms with Gasteiger partial charge in [-0.1, -0.05) is 6.07 Å². The topological polar surface area (TPSA) is 29.3 Å². The summed E-state index contributed by atoms with van der Waals surface area (Å²) >= 11 is 0. The lowest BCUT2D eigenvalue weighted by Gasteiger charge is -2.36. The highest BCUT2D eigenvalue weighted by Crippen LogP contribution is 2.37. The maximum atomic E-state index is 13.9. The van der Waals surface area contributed by atoms with Crippen LogP contribution in [0.1, 0.15) is 31.4 Å². The molecule has 0 aromatic heterocycles. The third-order valence-corrected chi connectivity index (χ3v) is 3.71. The molecule has 0 bridgehead atoms. The van der Waals surface area contributed by atoms with Crippen molar-refractivity contribution >= 4 is 5.69 Å². The van der Waals surface area contributed by atoms with Gasteiger partial charge in [0.1, 0.15) is 5.82 Å². The minimum Gasteiger partial charge on any atom is -0.371 e. The van der Waals surface area contributed by atoms with Crippen LogP contribution in [-0.4, -0.2) is 19.3 Å². The van der Waals surface area contributed by atoms with Crippen molar-refractivity contribution < 1.29 is 17.6 Å². The quantitative estimate of drug-likeness (QED) is 0.843. The molecule has 2 N–H and O–H groups in total.